The van der Waals surface area contributed by atoms with Crippen molar-refractivity contribution in [3.63, 3.8) is 0 Å². The molecule has 0 aliphatic carbocycles. The predicted molar refractivity (Wildman–Crippen MR) is 64.2 cm³/mol. The number of nitrogens with one attached hydrogen (secondary N) is 2. The molecule has 0 aliphatic rings. The first-order chi connectivity index (χ1) is 9.50. The molecule has 9 heteroatoms. The van der Waals surface area contributed by atoms with Gasteiger partial charge < -0.3 is 10.3 Å². The van der Waals surface area contributed by atoms with Gasteiger partial charge in [0.1, 0.15) is 5.56 Å². The Kier molecular flexibility index (Phi) is 4.75. The summed E-state index contributed by atoms with van der Waals surface area (Å²) in [6, 6.07) is 0.750. The number of hydrogen-bond donors (Lipinski definition) is 2. The Morgan fingerprint density at radius 3 is 2.29 bits per heavy atom. The van der Waals surface area contributed by atoms with E-state index in [1.54, 1.807) is 13.8 Å². The minimum absolute atomic E-state index is 0.270. The molecule has 0 bridgehead atoms. The monoisotopic (exact) mass is 312 g/mol. The number of carbonyl (C=O) groups is 1. The minimum atomic E-state index is -5.84. The molecule has 1 rings (SSSR count). The van der Waals surface area contributed by atoms with Crippen LogP contribution in [0.2, 0.25) is 0 Å². The molecule has 0 saturated carbocycles. The summed E-state index contributed by atoms with van der Waals surface area (Å²) in [6.45, 7) is 3.42. The van der Waals surface area contributed by atoms with Crippen LogP contribution in [0.3, 0.4) is 0 Å². The lowest BCUT2D eigenvalue weighted by atomic mass is 10.1. The summed E-state index contributed by atoms with van der Waals surface area (Å²) in [5.74, 6) is -6.04. The fourth-order valence-electron chi connectivity index (χ4n) is 1.39. The van der Waals surface area contributed by atoms with E-state index in [2.05, 4.69) is 5.32 Å². The highest BCUT2D eigenvalue weighted by atomic mass is 19.4. The summed E-state index contributed by atoms with van der Waals surface area (Å²) < 4.78 is 62.6. The van der Waals surface area contributed by atoms with Gasteiger partial charge in [-0.3, -0.25) is 9.59 Å². The molecule has 1 atom stereocenters. The second-order valence-corrected chi connectivity index (χ2v) is 4.47. The maximum atomic E-state index is 13.0. The number of hydrogen-bond acceptors (Lipinski definition) is 2. The van der Waals surface area contributed by atoms with E-state index in [1.165, 1.54) is 4.98 Å². The van der Waals surface area contributed by atoms with Crippen molar-refractivity contribution in [3.05, 3.63) is 33.7 Å². The van der Waals surface area contributed by atoms with E-state index in [0.717, 1.165) is 0 Å². The molecule has 1 amide bonds. The third-order valence-corrected chi connectivity index (χ3v) is 2.84. The van der Waals surface area contributed by atoms with Crippen LogP contribution in [0.5, 0.6) is 0 Å². The molecule has 0 saturated heterocycles. The lowest BCUT2D eigenvalue weighted by Gasteiger charge is -2.19. The van der Waals surface area contributed by atoms with E-state index < -0.39 is 34.8 Å². The third-order valence-electron chi connectivity index (χ3n) is 2.84. The second-order valence-electron chi connectivity index (χ2n) is 4.47. The number of carbonyl (C=O) groups excluding carboxylic acids is 1. The summed E-state index contributed by atoms with van der Waals surface area (Å²) >= 11 is 0. The molecule has 0 radical (unpaired) electrons. The van der Waals surface area contributed by atoms with Crippen LogP contribution in [0.4, 0.5) is 22.0 Å². The summed E-state index contributed by atoms with van der Waals surface area (Å²) in [5.41, 5.74) is -3.45. The van der Waals surface area contributed by atoms with E-state index >= 15 is 0 Å². The van der Waals surface area contributed by atoms with Crippen molar-refractivity contribution in [1.82, 2.24) is 10.3 Å². The van der Waals surface area contributed by atoms with Crippen molar-refractivity contribution < 1.29 is 26.7 Å². The lowest BCUT2D eigenvalue weighted by molar-refractivity contribution is -0.291. The number of alkyl halides is 5. The van der Waals surface area contributed by atoms with Gasteiger partial charge in [0.15, 0.2) is 0 Å². The van der Waals surface area contributed by atoms with Gasteiger partial charge in [0.25, 0.3) is 11.5 Å². The van der Waals surface area contributed by atoms with Gasteiger partial charge in [-0.2, -0.15) is 22.0 Å². The molecule has 4 nitrogen and oxygen atoms in total. The van der Waals surface area contributed by atoms with Crippen LogP contribution in [-0.2, 0) is 5.92 Å². The molecule has 0 aliphatic heterocycles. The van der Waals surface area contributed by atoms with Crippen LogP contribution in [-0.4, -0.2) is 23.1 Å². The summed E-state index contributed by atoms with van der Waals surface area (Å²) in [4.78, 5) is 24.6. The van der Waals surface area contributed by atoms with Gasteiger partial charge >= 0.3 is 12.1 Å². The van der Waals surface area contributed by atoms with Crippen molar-refractivity contribution in [1.29, 1.82) is 0 Å². The van der Waals surface area contributed by atoms with E-state index in [9.17, 15) is 31.5 Å². The quantitative estimate of drug-likeness (QED) is 0.839. The van der Waals surface area contributed by atoms with Crippen molar-refractivity contribution in [3.8, 4) is 0 Å². The van der Waals surface area contributed by atoms with Crippen LogP contribution >= 0.6 is 0 Å². The Morgan fingerprint density at radius 2 is 1.86 bits per heavy atom. The zero-order valence-corrected chi connectivity index (χ0v) is 11.1. The Hall–Kier alpha value is -1.93. The Labute approximate surface area is 116 Å². The summed E-state index contributed by atoms with van der Waals surface area (Å²) in [6.07, 6.45) is -5.27. The molecule has 0 spiro atoms. The molecule has 1 unspecified atom stereocenters. The molecular weight excluding hydrogens is 299 g/mol. The molecule has 1 heterocycles. The maximum Gasteiger partial charge on any atom is 0.459 e. The van der Waals surface area contributed by atoms with Crippen LogP contribution in [0.1, 0.15) is 36.3 Å². The zero-order valence-electron chi connectivity index (χ0n) is 11.1. The molecule has 1 aromatic rings. The Bertz CT molecular complexity index is 580. The highest BCUT2D eigenvalue weighted by molar-refractivity contribution is 5.93. The highest BCUT2D eigenvalue weighted by Gasteiger charge is 2.59. The predicted octanol–water partition coefficient (Wildman–Crippen LogP) is 2.56. The van der Waals surface area contributed by atoms with Gasteiger partial charge in [-0.1, -0.05) is 6.92 Å². The molecule has 0 fully saturated rings. The first-order valence-electron chi connectivity index (χ1n) is 6.00. The number of amides is 1. The van der Waals surface area contributed by atoms with Gasteiger partial charge in [-0.15, -0.1) is 0 Å². The molecule has 21 heavy (non-hydrogen) atoms. The normalized spacial score (nSPS) is 13.9. The number of H-pyrrole nitrogens is 1. The Morgan fingerprint density at radius 1 is 1.29 bits per heavy atom. The SMILES string of the molecule is CCC(C)NC(=O)c1ccc(C(F)(F)C(F)(F)F)[nH]c1=O. The van der Waals surface area contributed by atoms with Gasteiger partial charge in [-0.25, -0.2) is 0 Å². The maximum absolute atomic E-state index is 13.0. The van der Waals surface area contributed by atoms with Gasteiger partial charge in [0.05, 0.1) is 5.69 Å². The average molecular weight is 312 g/mol. The van der Waals surface area contributed by atoms with Gasteiger partial charge in [0.2, 0.25) is 0 Å². The van der Waals surface area contributed by atoms with Crippen molar-refractivity contribution in [2.24, 2.45) is 0 Å². The smallest absolute Gasteiger partial charge is 0.349 e. The van der Waals surface area contributed by atoms with E-state index in [1.807, 2.05) is 0 Å². The van der Waals surface area contributed by atoms with Gasteiger partial charge in [0, 0.05) is 6.04 Å². The lowest BCUT2D eigenvalue weighted by Crippen LogP contribution is -2.38. The molecule has 0 aromatic carbocycles. The van der Waals surface area contributed by atoms with E-state index in [4.69, 9.17) is 0 Å². The third kappa shape index (κ3) is 3.59. The topological polar surface area (TPSA) is 62.0 Å². The first kappa shape index (κ1) is 17.1. The van der Waals surface area contributed by atoms with Crippen LogP contribution in [0.15, 0.2) is 16.9 Å². The Balaban J connectivity index is 3.13. The van der Waals surface area contributed by atoms with Crippen molar-refractivity contribution in [2.75, 3.05) is 0 Å². The number of aromatic amines is 1. The van der Waals surface area contributed by atoms with E-state index in [0.29, 0.717) is 18.6 Å². The summed E-state index contributed by atoms with van der Waals surface area (Å²) in [7, 11) is 0. The number of rotatable bonds is 4. The number of halogens is 5. The average Bonchev–Trinajstić information content (AvgIpc) is 2.36. The highest BCUT2D eigenvalue weighted by Crippen LogP contribution is 2.42. The standard InChI is InChI=1S/C12H13F5N2O2/c1-3-6(2)18-9(20)7-4-5-8(19-10(7)21)11(13,14)12(15,16)17/h4-6H,3H2,1-2H3,(H,18,20)(H,19,21). The number of pyridine rings is 1. The second kappa shape index (κ2) is 5.82. The fourth-order valence-corrected chi connectivity index (χ4v) is 1.39. The number of aromatic nitrogens is 1. The molecule has 1 aromatic heterocycles. The van der Waals surface area contributed by atoms with Gasteiger partial charge in [-0.05, 0) is 25.5 Å². The summed E-state index contributed by atoms with van der Waals surface area (Å²) in [5, 5.41) is 2.41. The molecule has 2 N–H and O–H groups in total. The van der Waals surface area contributed by atoms with Crippen molar-refractivity contribution in [2.45, 2.75) is 38.4 Å². The molecular formula is C12H13F5N2O2. The van der Waals surface area contributed by atoms with Crippen LogP contribution in [0, 0.1) is 0 Å². The van der Waals surface area contributed by atoms with Crippen LogP contribution in [0.25, 0.3) is 0 Å². The molecule has 118 valence electrons. The minimum Gasteiger partial charge on any atom is -0.349 e. The largest absolute Gasteiger partial charge is 0.459 e. The van der Waals surface area contributed by atoms with Crippen molar-refractivity contribution >= 4 is 5.91 Å². The first-order valence-corrected chi connectivity index (χ1v) is 6.00. The van der Waals surface area contributed by atoms with E-state index in [-0.39, 0.29) is 6.04 Å². The zero-order chi connectivity index (χ0) is 16.4. The van der Waals surface area contributed by atoms with Crippen LogP contribution < -0.4 is 10.9 Å². The fraction of sp³-hybridized carbons (Fsp3) is 0.500.